The fourth-order valence-electron chi connectivity index (χ4n) is 3.23. The first-order valence-corrected chi connectivity index (χ1v) is 9.98. The van der Waals surface area contributed by atoms with Gasteiger partial charge in [-0.15, -0.1) is 0 Å². The Hall–Kier alpha value is -3.53. The lowest BCUT2D eigenvalue weighted by atomic mass is 10.1. The van der Waals surface area contributed by atoms with Crippen molar-refractivity contribution in [3.05, 3.63) is 58.6 Å². The van der Waals surface area contributed by atoms with E-state index in [2.05, 4.69) is 20.3 Å². The lowest BCUT2D eigenvalue weighted by Crippen LogP contribution is -2.35. The Morgan fingerprint density at radius 3 is 2.80 bits per heavy atom. The van der Waals surface area contributed by atoms with Gasteiger partial charge in [0.25, 0.3) is 11.8 Å². The maximum Gasteiger partial charge on any atom is 0.277 e. The number of benzene rings is 1. The first-order valence-electron chi connectivity index (χ1n) is 9.17. The molecule has 0 radical (unpaired) electrons. The lowest BCUT2D eigenvalue weighted by Gasteiger charge is -2.27. The topological polar surface area (TPSA) is 107 Å². The van der Waals surface area contributed by atoms with Gasteiger partial charge in [0, 0.05) is 30.2 Å². The summed E-state index contributed by atoms with van der Waals surface area (Å²) in [6.07, 6.45) is 4.95. The van der Waals surface area contributed by atoms with E-state index in [1.54, 1.807) is 23.1 Å². The number of aromatic nitrogens is 3. The smallest absolute Gasteiger partial charge is 0.277 e. The van der Waals surface area contributed by atoms with Crippen molar-refractivity contribution in [1.82, 2.24) is 19.9 Å². The summed E-state index contributed by atoms with van der Waals surface area (Å²) in [6.45, 7) is 0.931. The number of nitrogens with one attached hydrogen (secondary N) is 1. The minimum Gasteiger partial charge on any atom is -0.493 e. The molecule has 2 amide bonds. The number of amides is 2. The Kier molecular flexibility index (Phi) is 5.57. The Balaban J connectivity index is 1.51. The highest BCUT2D eigenvalue weighted by atomic mass is 32.1. The van der Waals surface area contributed by atoms with Crippen LogP contribution in [0.5, 0.6) is 11.5 Å². The summed E-state index contributed by atoms with van der Waals surface area (Å²) in [5.74, 6) is 0.406. The van der Waals surface area contributed by atoms with Gasteiger partial charge in [-0.1, -0.05) is 17.4 Å². The van der Waals surface area contributed by atoms with E-state index in [1.165, 1.54) is 44.1 Å². The van der Waals surface area contributed by atoms with Gasteiger partial charge in [0.1, 0.15) is 5.69 Å². The van der Waals surface area contributed by atoms with Crippen LogP contribution in [0.15, 0.2) is 36.8 Å². The van der Waals surface area contributed by atoms with Gasteiger partial charge in [-0.2, -0.15) is 0 Å². The van der Waals surface area contributed by atoms with Crippen molar-refractivity contribution in [3.8, 4) is 11.5 Å². The summed E-state index contributed by atoms with van der Waals surface area (Å²) in [5, 5.41) is 3.23. The summed E-state index contributed by atoms with van der Waals surface area (Å²) < 4.78 is 10.7. The number of fused-ring (bicyclic) bond motifs is 1. The SMILES string of the molecule is COc1cccc(C(=O)N2CCc3nc(NC(=O)c4cnccn4)sc3C2)c1OC. The Morgan fingerprint density at radius 2 is 2.07 bits per heavy atom. The van der Waals surface area contributed by atoms with E-state index in [-0.39, 0.29) is 17.5 Å². The van der Waals surface area contributed by atoms with Gasteiger partial charge >= 0.3 is 0 Å². The van der Waals surface area contributed by atoms with Gasteiger partial charge in [0.15, 0.2) is 16.6 Å². The normalized spacial score (nSPS) is 12.8. The summed E-state index contributed by atoms with van der Waals surface area (Å²) in [7, 11) is 3.05. The monoisotopic (exact) mass is 425 g/mol. The molecule has 0 saturated carbocycles. The number of carbonyl (C=O) groups excluding carboxylic acids is 2. The van der Waals surface area contributed by atoms with Gasteiger partial charge in [0.05, 0.1) is 38.2 Å². The number of hydrogen-bond donors (Lipinski definition) is 1. The van der Waals surface area contributed by atoms with Crippen LogP contribution in [0.1, 0.15) is 31.4 Å². The summed E-state index contributed by atoms with van der Waals surface area (Å²) >= 11 is 1.35. The number of hydrogen-bond acceptors (Lipinski definition) is 8. The lowest BCUT2D eigenvalue weighted by molar-refractivity contribution is 0.0732. The minimum absolute atomic E-state index is 0.144. The zero-order valence-corrected chi connectivity index (χ0v) is 17.2. The Morgan fingerprint density at radius 1 is 1.20 bits per heavy atom. The molecule has 1 aliphatic rings. The average molecular weight is 425 g/mol. The molecule has 0 spiro atoms. The second kappa shape index (κ2) is 8.46. The van der Waals surface area contributed by atoms with Crippen molar-refractivity contribution < 1.29 is 19.1 Å². The van der Waals surface area contributed by atoms with Crippen molar-refractivity contribution in [2.75, 3.05) is 26.1 Å². The summed E-state index contributed by atoms with van der Waals surface area (Å²) in [4.78, 5) is 40.4. The molecule has 1 aliphatic heterocycles. The zero-order chi connectivity index (χ0) is 21.1. The van der Waals surface area contributed by atoms with Crippen molar-refractivity contribution in [2.45, 2.75) is 13.0 Å². The number of ether oxygens (including phenoxy) is 2. The van der Waals surface area contributed by atoms with Crippen LogP contribution in [0.2, 0.25) is 0 Å². The molecule has 4 rings (SSSR count). The second-order valence-electron chi connectivity index (χ2n) is 6.45. The second-order valence-corrected chi connectivity index (χ2v) is 7.54. The van der Waals surface area contributed by atoms with Crippen LogP contribution < -0.4 is 14.8 Å². The van der Waals surface area contributed by atoms with Crippen molar-refractivity contribution in [3.63, 3.8) is 0 Å². The third-order valence-corrected chi connectivity index (χ3v) is 5.67. The summed E-state index contributed by atoms with van der Waals surface area (Å²) in [5.41, 5.74) is 1.55. The number of anilines is 1. The maximum atomic E-state index is 13.1. The van der Waals surface area contributed by atoms with Crippen LogP contribution in [0.4, 0.5) is 5.13 Å². The molecule has 0 atom stereocenters. The maximum absolute atomic E-state index is 13.1. The van der Waals surface area contributed by atoms with Crippen LogP contribution in [0.3, 0.4) is 0 Å². The number of para-hydroxylation sites is 1. The van der Waals surface area contributed by atoms with E-state index in [0.717, 1.165) is 10.6 Å². The molecule has 10 heteroatoms. The highest BCUT2D eigenvalue weighted by molar-refractivity contribution is 7.15. The number of nitrogens with zero attached hydrogens (tertiary/aromatic N) is 4. The van der Waals surface area contributed by atoms with E-state index in [1.807, 2.05) is 0 Å². The predicted octanol–water partition coefficient (Wildman–Crippen LogP) is 2.40. The number of thiazole rings is 1. The van der Waals surface area contributed by atoms with Crippen LogP contribution >= 0.6 is 11.3 Å². The fourth-order valence-corrected chi connectivity index (χ4v) is 4.24. The van der Waals surface area contributed by atoms with Crippen molar-refractivity contribution in [1.29, 1.82) is 0 Å². The molecule has 30 heavy (non-hydrogen) atoms. The molecule has 3 heterocycles. The minimum atomic E-state index is -0.372. The third-order valence-electron chi connectivity index (χ3n) is 4.67. The quantitative estimate of drug-likeness (QED) is 0.669. The summed E-state index contributed by atoms with van der Waals surface area (Å²) in [6, 6.07) is 5.23. The first kappa shape index (κ1) is 19.8. The molecule has 3 aromatic rings. The molecule has 0 unspecified atom stereocenters. The number of rotatable bonds is 5. The van der Waals surface area contributed by atoms with E-state index in [9.17, 15) is 9.59 Å². The standard InChI is InChI=1S/C20H19N5O4S/c1-28-15-5-3-4-12(17(15)29-2)19(27)25-9-6-13-16(11-25)30-20(23-13)24-18(26)14-10-21-7-8-22-14/h3-5,7-8,10H,6,9,11H2,1-2H3,(H,23,24,26). The van der Waals surface area contributed by atoms with Crippen molar-refractivity contribution in [2.24, 2.45) is 0 Å². The fraction of sp³-hybridized carbons (Fsp3) is 0.250. The largest absolute Gasteiger partial charge is 0.493 e. The van der Waals surface area contributed by atoms with Crippen LogP contribution in [0, 0.1) is 0 Å². The van der Waals surface area contributed by atoms with Crippen LogP contribution in [-0.2, 0) is 13.0 Å². The van der Waals surface area contributed by atoms with Gasteiger partial charge in [-0.3, -0.25) is 19.9 Å². The molecular formula is C20H19N5O4S. The van der Waals surface area contributed by atoms with Gasteiger partial charge < -0.3 is 14.4 Å². The first-order chi connectivity index (χ1) is 14.6. The van der Waals surface area contributed by atoms with Crippen molar-refractivity contribution >= 4 is 28.3 Å². The Labute approximate surface area is 176 Å². The Bertz CT molecular complexity index is 1090. The molecule has 0 aliphatic carbocycles. The highest BCUT2D eigenvalue weighted by Crippen LogP contribution is 2.34. The van der Waals surface area contributed by atoms with E-state index in [4.69, 9.17) is 9.47 Å². The number of carbonyl (C=O) groups is 2. The van der Waals surface area contributed by atoms with E-state index in [0.29, 0.717) is 41.7 Å². The predicted molar refractivity (Wildman–Crippen MR) is 110 cm³/mol. The molecule has 0 bridgehead atoms. The highest BCUT2D eigenvalue weighted by Gasteiger charge is 2.28. The molecule has 0 saturated heterocycles. The molecule has 154 valence electrons. The van der Waals surface area contributed by atoms with Gasteiger partial charge in [-0.25, -0.2) is 9.97 Å². The zero-order valence-electron chi connectivity index (χ0n) is 16.4. The van der Waals surface area contributed by atoms with E-state index < -0.39 is 0 Å². The van der Waals surface area contributed by atoms with Gasteiger partial charge in [-0.05, 0) is 12.1 Å². The van der Waals surface area contributed by atoms with E-state index >= 15 is 0 Å². The van der Waals surface area contributed by atoms with Gasteiger partial charge in [0.2, 0.25) is 0 Å². The molecular weight excluding hydrogens is 406 g/mol. The molecule has 2 aromatic heterocycles. The average Bonchev–Trinajstić information content (AvgIpc) is 3.19. The number of methoxy groups -OCH3 is 2. The van der Waals surface area contributed by atoms with Crippen LogP contribution in [-0.4, -0.2) is 52.4 Å². The molecule has 0 fully saturated rings. The molecule has 1 aromatic carbocycles. The molecule has 9 nitrogen and oxygen atoms in total. The van der Waals surface area contributed by atoms with Crippen LogP contribution in [0.25, 0.3) is 0 Å². The third kappa shape index (κ3) is 3.81. The molecule has 1 N–H and O–H groups in total.